The van der Waals surface area contributed by atoms with E-state index in [9.17, 15) is 30.6 Å². The summed E-state index contributed by atoms with van der Waals surface area (Å²) in [4.78, 5) is 0. The molecule has 4 fully saturated rings. The fourth-order valence-corrected chi connectivity index (χ4v) is 6.66. The summed E-state index contributed by atoms with van der Waals surface area (Å²) in [6, 6.07) is -0.247. The molecule has 0 bridgehead atoms. The molecular formula is C37H76N2O8. The predicted molar refractivity (Wildman–Crippen MR) is 189 cm³/mol. The highest BCUT2D eigenvalue weighted by atomic mass is 16.5. The Hall–Kier alpha value is -0.400. The standard InChI is InChI=1S/2C14H27NO4.C8H18.CH4/c2*1-2-3-4-5-6-7-8-19-14-10-9(15-10)11(16)12(17)13(14)18;1-3-5-7-8-6-4-2;/h2*9-18H,2-8H2,1H3;3-8H2,1-2H3;1H4/t9-,10+,11+,12-,13+,14+;9-,10+,11-,12+,13-,14-;;/m00../s1. The molecule has 2 heterocycles. The van der Waals surface area contributed by atoms with Crippen LogP contribution in [-0.2, 0) is 9.47 Å². The van der Waals surface area contributed by atoms with Crippen LogP contribution in [0.15, 0.2) is 0 Å². The van der Waals surface area contributed by atoms with Crippen LogP contribution in [0.4, 0.5) is 0 Å². The zero-order valence-electron chi connectivity index (χ0n) is 29.6. The minimum atomic E-state index is -1.11. The monoisotopic (exact) mass is 677 g/mol. The highest BCUT2D eigenvalue weighted by molar-refractivity contribution is 5.17. The fourth-order valence-electron chi connectivity index (χ4n) is 6.66. The van der Waals surface area contributed by atoms with E-state index in [0.717, 1.165) is 25.7 Å². The molecule has 10 heteroatoms. The van der Waals surface area contributed by atoms with Gasteiger partial charge in [0.25, 0.3) is 0 Å². The van der Waals surface area contributed by atoms with Gasteiger partial charge in [-0.1, -0.05) is 138 Å². The minimum Gasteiger partial charge on any atom is -0.389 e. The Morgan fingerprint density at radius 3 is 0.936 bits per heavy atom. The zero-order chi connectivity index (χ0) is 33.9. The van der Waals surface area contributed by atoms with Crippen LogP contribution in [0.5, 0.6) is 0 Å². The molecule has 0 aromatic heterocycles. The SMILES string of the molecule is C.CCCCCCCC.CCCCCCCCO[C@@H]1[C@@H](O)[C@H](O)[C@@H](O)[C@H]2N[C@H]21.CCCCCCCCO[C@H]1[C@H](O)[C@@H](O)[C@H](O)[C@H]2N[C@H]21. The first-order valence-electron chi connectivity index (χ1n) is 19.1. The third-order valence-electron chi connectivity index (χ3n) is 9.92. The molecule has 0 amide bonds. The van der Waals surface area contributed by atoms with E-state index in [1.165, 1.54) is 89.9 Å². The summed E-state index contributed by atoms with van der Waals surface area (Å²) < 4.78 is 11.4. The van der Waals surface area contributed by atoms with Crippen LogP contribution in [0.2, 0.25) is 0 Å². The molecule has 2 aliphatic heterocycles. The topological polar surface area (TPSA) is 184 Å². The molecule has 282 valence electrons. The molecule has 2 saturated carbocycles. The first-order valence-corrected chi connectivity index (χ1v) is 19.1. The summed E-state index contributed by atoms with van der Waals surface area (Å²) in [6.45, 7) is 10.1. The average molecular weight is 677 g/mol. The van der Waals surface area contributed by atoms with Gasteiger partial charge in [0.05, 0.1) is 36.4 Å². The third-order valence-corrected chi connectivity index (χ3v) is 9.92. The van der Waals surface area contributed by atoms with Gasteiger partial charge in [-0.05, 0) is 12.8 Å². The van der Waals surface area contributed by atoms with Crippen molar-refractivity contribution in [1.82, 2.24) is 10.6 Å². The van der Waals surface area contributed by atoms with Crippen molar-refractivity contribution in [2.45, 2.75) is 224 Å². The third kappa shape index (κ3) is 15.6. The van der Waals surface area contributed by atoms with Gasteiger partial charge >= 0.3 is 0 Å². The van der Waals surface area contributed by atoms with E-state index < -0.39 is 36.6 Å². The molecule has 2 aliphatic carbocycles. The van der Waals surface area contributed by atoms with Crippen molar-refractivity contribution in [2.75, 3.05) is 13.2 Å². The van der Waals surface area contributed by atoms with Crippen molar-refractivity contribution < 1.29 is 40.1 Å². The van der Waals surface area contributed by atoms with Gasteiger partial charge in [0, 0.05) is 13.2 Å². The minimum absolute atomic E-state index is 0. The quantitative estimate of drug-likeness (QED) is 0.0643. The number of fused-ring (bicyclic) bond motifs is 2. The lowest BCUT2D eigenvalue weighted by molar-refractivity contribution is -0.140. The van der Waals surface area contributed by atoms with Gasteiger partial charge in [-0.3, -0.25) is 0 Å². The van der Waals surface area contributed by atoms with Crippen molar-refractivity contribution in [3.8, 4) is 0 Å². The van der Waals surface area contributed by atoms with Crippen LogP contribution in [-0.4, -0.2) is 117 Å². The second-order valence-electron chi connectivity index (χ2n) is 14.0. The molecule has 0 aromatic carbocycles. The highest BCUT2D eigenvalue weighted by Crippen LogP contribution is 2.33. The molecule has 10 nitrogen and oxygen atoms in total. The maximum atomic E-state index is 9.90. The lowest BCUT2D eigenvalue weighted by Crippen LogP contribution is -2.54. The van der Waals surface area contributed by atoms with E-state index >= 15 is 0 Å². The number of ether oxygens (including phenoxy) is 2. The van der Waals surface area contributed by atoms with Crippen LogP contribution in [0, 0.1) is 0 Å². The van der Waals surface area contributed by atoms with E-state index in [0.29, 0.717) is 13.2 Å². The average Bonchev–Trinajstić information content (AvgIpc) is 3.99. The molecule has 8 N–H and O–H groups in total. The van der Waals surface area contributed by atoms with E-state index in [1.807, 2.05) is 0 Å². The summed E-state index contributed by atoms with van der Waals surface area (Å²) in [5, 5.41) is 64.6. The van der Waals surface area contributed by atoms with Gasteiger partial charge in [-0.2, -0.15) is 0 Å². The highest BCUT2D eigenvalue weighted by Gasteiger charge is 2.59. The number of hydrogen-bond acceptors (Lipinski definition) is 10. The van der Waals surface area contributed by atoms with Crippen molar-refractivity contribution in [1.29, 1.82) is 0 Å². The molecule has 0 radical (unpaired) electrons. The first-order chi connectivity index (χ1) is 22.2. The molecule has 2 saturated heterocycles. The lowest BCUT2D eigenvalue weighted by atomic mass is 9.89. The van der Waals surface area contributed by atoms with Gasteiger partial charge in [0.2, 0.25) is 0 Å². The summed E-state index contributed by atoms with van der Waals surface area (Å²) in [5.74, 6) is 0. The number of hydrogen-bond donors (Lipinski definition) is 8. The normalized spacial score (nSPS) is 34.9. The number of nitrogens with one attached hydrogen (secondary N) is 2. The molecule has 47 heavy (non-hydrogen) atoms. The Labute approximate surface area is 287 Å². The molecule has 0 aromatic rings. The first kappa shape index (κ1) is 44.6. The van der Waals surface area contributed by atoms with Gasteiger partial charge in [-0.15, -0.1) is 0 Å². The Morgan fingerprint density at radius 2 is 0.638 bits per heavy atom. The van der Waals surface area contributed by atoms with Crippen molar-refractivity contribution >= 4 is 0 Å². The van der Waals surface area contributed by atoms with Crippen molar-refractivity contribution in [2.24, 2.45) is 0 Å². The fraction of sp³-hybridized carbons (Fsp3) is 1.00. The Bertz CT molecular complexity index is 691. The van der Waals surface area contributed by atoms with Gasteiger partial charge in [-0.25, -0.2) is 0 Å². The van der Waals surface area contributed by atoms with E-state index in [2.05, 4.69) is 38.3 Å². The van der Waals surface area contributed by atoms with E-state index in [4.69, 9.17) is 9.47 Å². The number of aliphatic hydroxyl groups excluding tert-OH is 6. The maximum Gasteiger partial charge on any atom is 0.110 e. The number of unbranched alkanes of at least 4 members (excludes halogenated alkanes) is 15. The molecule has 4 aliphatic rings. The van der Waals surface area contributed by atoms with Crippen LogP contribution in [0.25, 0.3) is 0 Å². The largest absolute Gasteiger partial charge is 0.389 e. The molecule has 12 atom stereocenters. The molecular weight excluding hydrogens is 600 g/mol. The molecule has 4 rings (SSSR count). The summed E-state index contributed by atoms with van der Waals surface area (Å²) >= 11 is 0. The van der Waals surface area contributed by atoms with Crippen LogP contribution < -0.4 is 10.6 Å². The van der Waals surface area contributed by atoms with Crippen LogP contribution in [0.3, 0.4) is 0 Å². The number of rotatable bonds is 21. The van der Waals surface area contributed by atoms with E-state index in [1.54, 1.807) is 0 Å². The predicted octanol–water partition coefficient (Wildman–Crippen LogP) is 4.34. The van der Waals surface area contributed by atoms with Crippen LogP contribution >= 0.6 is 0 Å². The zero-order valence-corrected chi connectivity index (χ0v) is 29.6. The summed E-state index contributed by atoms with van der Waals surface area (Å²) in [6.07, 6.45) is 16.1. The second kappa shape index (κ2) is 25.5. The summed E-state index contributed by atoms with van der Waals surface area (Å²) in [5.41, 5.74) is 0. The Kier molecular flexibility index (Phi) is 24.2. The molecule has 0 spiro atoms. The van der Waals surface area contributed by atoms with Crippen molar-refractivity contribution in [3.05, 3.63) is 0 Å². The van der Waals surface area contributed by atoms with Gasteiger partial charge < -0.3 is 50.7 Å². The maximum absolute atomic E-state index is 9.90. The Balaban J connectivity index is 0.000000378. The van der Waals surface area contributed by atoms with Crippen LogP contribution in [0.1, 0.15) is 151 Å². The van der Waals surface area contributed by atoms with E-state index in [-0.39, 0.29) is 43.8 Å². The van der Waals surface area contributed by atoms with Gasteiger partial charge in [0.15, 0.2) is 0 Å². The molecule has 0 unspecified atom stereocenters. The summed E-state index contributed by atoms with van der Waals surface area (Å²) in [7, 11) is 0. The Morgan fingerprint density at radius 1 is 0.362 bits per heavy atom. The lowest BCUT2D eigenvalue weighted by Gasteiger charge is -2.33. The van der Waals surface area contributed by atoms with Gasteiger partial charge in [0.1, 0.15) is 36.6 Å². The second-order valence-corrected chi connectivity index (χ2v) is 14.0. The number of aliphatic hydroxyl groups is 6. The van der Waals surface area contributed by atoms with Crippen molar-refractivity contribution in [3.63, 3.8) is 0 Å². The smallest absolute Gasteiger partial charge is 0.110 e.